The second kappa shape index (κ2) is 5.82. The third kappa shape index (κ3) is 3.56. The molecule has 2 N–H and O–H groups in total. The van der Waals surface area contributed by atoms with E-state index in [2.05, 4.69) is 6.07 Å². The van der Waals surface area contributed by atoms with Crippen molar-refractivity contribution in [3.05, 3.63) is 29.3 Å². The molecule has 1 rings (SSSR count). The van der Waals surface area contributed by atoms with Crippen LogP contribution >= 0.6 is 0 Å². The summed E-state index contributed by atoms with van der Waals surface area (Å²) in [5, 5.41) is 0. The zero-order valence-corrected chi connectivity index (χ0v) is 11.2. The summed E-state index contributed by atoms with van der Waals surface area (Å²) in [6.07, 6.45) is 1.65. The molecule has 3 heteroatoms. The third-order valence-electron chi connectivity index (χ3n) is 2.84. The maximum atomic E-state index is 12.1. The minimum absolute atomic E-state index is 0.0168. The van der Waals surface area contributed by atoms with Crippen LogP contribution in [0.5, 0.6) is 0 Å². The van der Waals surface area contributed by atoms with E-state index in [0.29, 0.717) is 0 Å². The Balaban J connectivity index is 2.88. The topological polar surface area (TPSA) is 46.3 Å². The van der Waals surface area contributed by atoms with Crippen molar-refractivity contribution >= 4 is 11.6 Å². The van der Waals surface area contributed by atoms with Gasteiger partial charge in [0, 0.05) is 12.7 Å². The zero-order chi connectivity index (χ0) is 13.0. The van der Waals surface area contributed by atoms with Gasteiger partial charge in [-0.25, -0.2) is 0 Å². The number of likely N-dealkylation sites (N-methyl/N-ethyl adjacent to an activating group) is 1. The molecule has 0 aliphatic heterocycles. The van der Waals surface area contributed by atoms with E-state index in [1.165, 1.54) is 0 Å². The molecule has 0 aromatic heterocycles. The highest BCUT2D eigenvalue weighted by Crippen LogP contribution is 2.18. The Hall–Kier alpha value is -1.35. The van der Waals surface area contributed by atoms with E-state index in [0.717, 1.165) is 29.7 Å². The Labute approximate surface area is 104 Å². The van der Waals surface area contributed by atoms with Gasteiger partial charge in [0.1, 0.15) is 0 Å². The van der Waals surface area contributed by atoms with Crippen molar-refractivity contribution < 1.29 is 4.79 Å². The number of hydrogen-bond donors (Lipinski definition) is 1. The molecule has 94 valence electrons. The van der Waals surface area contributed by atoms with E-state index >= 15 is 0 Å². The predicted octanol–water partition coefficient (Wildman–Crippen LogP) is 2.39. The number of amides is 1. The van der Waals surface area contributed by atoms with Crippen LogP contribution in [-0.4, -0.2) is 19.0 Å². The average Bonchev–Trinajstić information content (AvgIpc) is 2.26. The van der Waals surface area contributed by atoms with Crippen LogP contribution in [0.15, 0.2) is 18.2 Å². The van der Waals surface area contributed by atoms with Crippen molar-refractivity contribution in [1.82, 2.24) is 0 Å². The molecule has 0 saturated heterocycles. The van der Waals surface area contributed by atoms with Crippen LogP contribution in [0.1, 0.15) is 30.9 Å². The average molecular weight is 234 g/mol. The number of aryl methyl sites for hydroxylation is 2. The lowest BCUT2D eigenvalue weighted by molar-refractivity contribution is -0.119. The van der Waals surface area contributed by atoms with Crippen LogP contribution in [0.2, 0.25) is 0 Å². The Morgan fingerprint density at radius 1 is 1.29 bits per heavy atom. The molecule has 3 nitrogen and oxygen atoms in total. The predicted molar refractivity (Wildman–Crippen MR) is 72.2 cm³/mol. The standard InChI is InChI=1S/C14H22N2O/c1-5-6-13(15)14(17)16(4)12-8-10(2)7-11(3)9-12/h7-9,13H,5-6,15H2,1-4H3. The molecule has 1 unspecified atom stereocenters. The van der Waals surface area contributed by atoms with Crippen LogP contribution in [0.25, 0.3) is 0 Å². The fourth-order valence-electron chi connectivity index (χ4n) is 1.95. The Morgan fingerprint density at radius 3 is 2.29 bits per heavy atom. The molecule has 0 aliphatic rings. The first-order valence-electron chi connectivity index (χ1n) is 6.07. The van der Waals surface area contributed by atoms with Crippen molar-refractivity contribution in [2.45, 2.75) is 39.7 Å². The summed E-state index contributed by atoms with van der Waals surface area (Å²) in [4.78, 5) is 13.7. The van der Waals surface area contributed by atoms with Crippen LogP contribution in [0, 0.1) is 13.8 Å². The quantitative estimate of drug-likeness (QED) is 0.869. The monoisotopic (exact) mass is 234 g/mol. The summed E-state index contributed by atoms with van der Waals surface area (Å²) in [7, 11) is 1.78. The smallest absolute Gasteiger partial charge is 0.243 e. The van der Waals surface area contributed by atoms with Gasteiger partial charge in [-0.15, -0.1) is 0 Å². The highest BCUT2D eigenvalue weighted by molar-refractivity contribution is 5.96. The molecule has 1 amide bonds. The van der Waals surface area contributed by atoms with Crippen LogP contribution in [0.4, 0.5) is 5.69 Å². The minimum atomic E-state index is -0.397. The molecule has 0 fully saturated rings. The lowest BCUT2D eigenvalue weighted by Crippen LogP contribution is -2.41. The molecule has 17 heavy (non-hydrogen) atoms. The number of rotatable bonds is 4. The first kappa shape index (κ1) is 13.7. The fourth-order valence-corrected chi connectivity index (χ4v) is 1.95. The molecule has 0 radical (unpaired) electrons. The summed E-state index contributed by atoms with van der Waals surface area (Å²) in [6.45, 7) is 6.09. The van der Waals surface area contributed by atoms with E-state index in [-0.39, 0.29) is 5.91 Å². The molecular formula is C14H22N2O. The van der Waals surface area contributed by atoms with E-state index in [1.807, 2.05) is 32.9 Å². The van der Waals surface area contributed by atoms with E-state index in [4.69, 9.17) is 5.73 Å². The van der Waals surface area contributed by atoms with Gasteiger partial charge in [-0.2, -0.15) is 0 Å². The summed E-state index contributed by atoms with van der Waals surface area (Å²) >= 11 is 0. The number of carbonyl (C=O) groups excluding carboxylic acids is 1. The molecular weight excluding hydrogens is 212 g/mol. The van der Waals surface area contributed by atoms with Crippen molar-refractivity contribution in [1.29, 1.82) is 0 Å². The number of nitrogens with two attached hydrogens (primary N) is 1. The number of nitrogens with zero attached hydrogens (tertiary/aromatic N) is 1. The number of benzene rings is 1. The Bertz CT molecular complexity index is 381. The van der Waals surface area contributed by atoms with Gasteiger partial charge in [0.05, 0.1) is 6.04 Å². The Kier molecular flexibility index (Phi) is 4.70. The zero-order valence-electron chi connectivity index (χ0n) is 11.2. The number of anilines is 1. The van der Waals surface area contributed by atoms with Crippen LogP contribution in [0.3, 0.4) is 0 Å². The van der Waals surface area contributed by atoms with Crippen molar-refractivity contribution in [2.24, 2.45) is 5.73 Å². The first-order chi connectivity index (χ1) is 7.95. The Morgan fingerprint density at radius 2 is 1.82 bits per heavy atom. The molecule has 0 aliphatic carbocycles. The van der Waals surface area contributed by atoms with Gasteiger partial charge in [0.15, 0.2) is 0 Å². The van der Waals surface area contributed by atoms with Gasteiger partial charge in [0.2, 0.25) is 5.91 Å². The van der Waals surface area contributed by atoms with E-state index in [9.17, 15) is 4.79 Å². The second-order valence-corrected chi connectivity index (χ2v) is 4.64. The second-order valence-electron chi connectivity index (χ2n) is 4.64. The normalized spacial score (nSPS) is 12.3. The number of carbonyl (C=O) groups is 1. The summed E-state index contributed by atoms with van der Waals surface area (Å²) in [6, 6.07) is 5.70. The fraction of sp³-hybridized carbons (Fsp3) is 0.500. The van der Waals surface area contributed by atoms with E-state index < -0.39 is 6.04 Å². The lowest BCUT2D eigenvalue weighted by atomic mass is 10.1. The largest absolute Gasteiger partial charge is 0.320 e. The molecule has 0 saturated carbocycles. The minimum Gasteiger partial charge on any atom is -0.320 e. The first-order valence-corrected chi connectivity index (χ1v) is 6.07. The van der Waals surface area contributed by atoms with Gasteiger partial charge in [-0.3, -0.25) is 4.79 Å². The lowest BCUT2D eigenvalue weighted by Gasteiger charge is -2.22. The van der Waals surface area contributed by atoms with Gasteiger partial charge in [-0.1, -0.05) is 19.4 Å². The van der Waals surface area contributed by atoms with Crippen molar-refractivity contribution in [3.63, 3.8) is 0 Å². The third-order valence-corrected chi connectivity index (χ3v) is 2.84. The van der Waals surface area contributed by atoms with Gasteiger partial charge in [0.25, 0.3) is 0 Å². The van der Waals surface area contributed by atoms with Crippen LogP contribution in [-0.2, 0) is 4.79 Å². The van der Waals surface area contributed by atoms with Crippen molar-refractivity contribution in [3.8, 4) is 0 Å². The van der Waals surface area contributed by atoms with Crippen LogP contribution < -0.4 is 10.6 Å². The molecule has 0 heterocycles. The molecule has 0 spiro atoms. The van der Waals surface area contributed by atoms with Gasteiger partial charge in [-0.05, 0) is 43.5 Å². The molecule has 0 bridgehead atoms. The SMILES string of the molecule is CCCC(N)C(=O)N(C)c1cc(C)cc(C)c1. The molecule has 1 atom stereocenters. The van der Waals surface area contributed by atoms with Crippen molar-refractivity contribution in [2.75, 3.05) is 11.9 Å². The summed E-state index contributed by atoms with van der Waals surface area (Å²) in [5.41, 5.74) is 9.08. The molecule has 1 aromatic carbocycles. The highest BCUT2D eigenvalue weighted by atomic mass is 16.2. The summed E-state index contributed by atoms with van der Waals surface area (Å²) in [5.74, 6) is -0.0168. The van der Waals surface area contributed by atoms with E-state index in [1.54, 1.807) is 11.9 Å². The highest BCUT2D eigenvalue weighted by Gasteiger charge is 2.18. The maximum absolute atomic E-state index is 12.1. The van der Waals surface area contributed by atoms with Gasteiger partial charge < -0.3 is 10.6 Å². The molecule has 1 aromatic rings. The summed E-state index contributed by atoms with van der Waals surface area (Å²) < 4.78 is 0. The van der Waals surface area contributed by atoms with Gasteiger partial charge >= 0.3 is 0 Å². The number of hydrogen-bond acceptors (Lipinski definition) is 2. The maximum Gasteiger partial charge on any atom is 0.243 e.